The number of carboxylic acids is 1. The standard InChI is InChI=1S/C19H20F3N3O.C2HF3O2/c20-19(21,22)14-5-3-4-12-13(6-10-23-16(12)14)17(26)25-15-7-11-24-18(15)8-1-2-9-18;3-2(4,5)1(6)7/h3-6,10,15,24H,1-2,7-9,11H2,(H,25,26);(H,6,7). The van der Waals surface area contributed by atoms with Crippen molar-refractivity contribution >= 4 is 22.8 Å². The van der Waals surface area contributed by atoms with Crippen molar-refractivity contribution in [2.24, 2.45) is 0 Å². The molecule has 0 radical (unpaired) electrons. The highest BCUT2D eigenvalue weighted by Gasteiger charge is 2.45. The van der Waals surface area contributed by atoms with Gasteiger partial charge in [-0.3, -0.25) is 9.78 Å². The Morgan fingerprint density at radius 2 is 1.73 bits per heavy atom. The molecule has 2 heterocycles. The number of carboxylic acid groups (broad SMARTS) is 1. The minimum Gasteiger partial charge on any atom is -0.475 e. The molecule has 2 aliphatic rings. The van der Waals surface area contributed by atoms with E-state index in [1.54, 1.807) is 0 Å². The van der Waals surface area contributed by atoms with Crippen LogP contribution < -0.4 is 10.6 Å². The fourth-order valence-electron chi connectivity index (χ4n) is 4.45. The number of rotatable bonds is 2. The van der Waals surface area contributed by atoms with E-state index in [2.05, 4.69) is 15.6 Å². The number of halogens is 6. The van der Waals surface area contributed by atoms with Crippen molar-refractivity contribution in [2.75, 3.05) is 6.54 Å². The zero-order valence-electron chi connectivity index (χ0n) is 17.2. The summed E-state index contributed by atoms with van der Waals surface area (Å²) < 4.78 is 71.4. The molecule has 1 spiro atoms. The van der Waals surface area contributed by atoms with E-state index in [0.29, 0.717) is 0 Å². The van der Waals surface area contributed by atoms with Gasteiger partial charge in [-0.2, -0.15) is 26.3 Å². The third kappa shape index (κ3) is 5.37. The smallest absolute Gasteiger partial charge is 0.475 e. The van der Waals surface area contributed by atoms with Gasteiger partial charge in [0.15, 0.2) is 0 Å². The Hall–Kier alpha value is -2.89. The van der Waals surface area contributed by atoms with Crippen LogP contribution in [0.4, 0.5) is 26.3 Å². The summed E-state index contributed by atoms with van der Waals surface area (Å²) in [5.41, 5.74) is -0.830. The average molecular weight is 477 g/mol. The molecule has 1 aromatic carbocycles. The zero-order chi connectivity index (χ0) is 24.4. The third-order valence-corrected chi connectivity index (χ3v) is 5.94. The Morgan fingerprint density at radius 1 is 1.09 bits per heavy atom. The minimum atomic E-state index is -5.08. The number of alkyl halides is 6. The molecule has 1 amide bonds. The Balaban J connectivity index is 0.000000383. The van der Waals surface area contributed by atoms with Crippen LogP contribution in [-0.2, 0) is 11.0 Å². The van der Waals surface area contributed by atoms with E-state index in [1.165, 1.54) is 24.4 Å². The Labute approximate surface area is 184 Å². The number of hydrogen-bond acceptors (Lipinski definition) is 4. The fourth-order valence-corrected chi connectivity index (χ4v) is 4.45. The fraction of sp³-hybridized carbons (Fsp3) is 0.476. The quantitative estimate of drug-likeness (QED) is 0.562. The van der Waals surface area contributed by atoms with Gasteiger partial charge in [-0.1, -0.05) is 25.0 Å². The van der Waals surface area contributed by atoms with Crippen LogP contribution in [0.1, 0.15) is 48.0 Å². The first-order chi connectivity index (χ1) is 15.3. The molecule has 3 N–H and O–H groups in total. The van der Waals surface area contributed by atoms with Crippen molar-refractivity contribution < 1.29 is 41.0 Å². The van der Waals surface area contributed by atoms with E-state index in [4.69, 9.17) is 9.90 Å². The molecule has 1 saturated heterocycles. The summed E-state index contributed by atoms with van der Waals surface area (Å²) in [6.07, 6.45) is -3.18. The van der Waals surface area contributed by atoms with Gasteiger partial charge in [0.2, 0.25) is 0 Å². The van der Waals surface area contributed by atoms with Crippen LogP contribution in [0, 0.1) is 0 Å². The normalized spacial score (nSPS) is 19.9. The number of benzene rings is 1. The summed E-state index contributed by atoms with van der Waals surface area (Å²) in [7, 11) is 0. The lowest BCUT2D eigenvalue weighted by molar-refractivity contribution is -0.192. The highest BCUT2D eigenvalue weighted by Crippen LogP contribution is 2.37. The number of carbonyl (C=O) groups is 2. The molecule has 2 fully saturated rings. The van der Waals surface area contributed by atoms with Crippen molar-refractivity contribution in [1.82, 2.24) is 15.6 Å². The highest BCUT2D eigenvalue weighted by molar-refractivity contribution is 6.06. The molecule has 1 saturated carbocycles. The van der Waals surface area contributed by atoms with Crippen LogP contribution in [-0.4, -0.2) is 46.3 Å². The minimum absolute atomic E-state index is 0.00603. The highest BCUT2D eigenvalue weighted by atomic mass is 19.4. The van der Waals surface area contributed by atoms with Gasteiger partial charge in [-0.15, -0.1) is 0 Å². The molecule has 1 aliphatic carbocycles. The van der Waals surface area contributed by atoms with Crippen molar-refractivity contribution in [2.45, 2.75) is 56.0 Å². The predicted molar refractivity (Wildman–Crippen MR) is 106 cm³/mol. The Morgan fingerprint density at radius 3 is 2.30 bits per heavy atom. The van der Waals surface area contributed by atoms with E-state index >= 15 is 0 Å². The first-order valence-corrected chi connectivity index (χ1v) is 10.2. The Bertz CT molecular complexity index is 1030. The molecule has 180 valence electrons. The number of para-hydroxylation sites is 1. The maximum absolute atomic E-state index is 13.2. The van der Waals surface area contributed by atoms with E-state index in [-0.39, 0.29) is 34.0 Å². The summed E-state index contributed by atoms with van der Waals surface area (Å²) in [5, 5.41) is 14.0. The van der Waals surface area contributed by atoms with Gasteiger partial charge in [0.25, 0.3) is 5.91 Å². The largest absolute Gasteiger partial charge is 0.490 e. The molecule has 0 bridgehead atoms. The van der Waals surface area contributed by atoms with Gasteiger partial charge in [-0.05, 0) is 37.9 Å². The second-order valence-electron chi connectivity index (χ2n) is 7.97. The maximum atomic E-state index is 13.2. The number of carbonyl (C=O) groups excluding carboxylic acids is 1. The van der Waals surface area contributed by atoms with Gasteiger partial charge in [0, 0.05) is 23.2 Å². The molecule has 12 heteroatoms. The lowest BCUT2D eigenvalue weighted by Crippen LogP contribution is -2.53. The van der Waals surface area contributed by atoms with E-state index < -0.39 is 23.9 Å². The number of hydrogen-bond donors (Lipinski definition) is 3. The molecule has 1 aromatic heterocycles. The van der Waals surface area contributed by atoms with E-state index in [9.17, 15) is 31.1 Å². The van der Waals surface area contributed by atoms with Gasteiger partial charge in [0.05, 0.1) is 16.6 Å². The second-order valence-corrected chi connectivity index (χ2v) is 7.97. The molecule has 1 unspecified atom stereocenters. The van der Waals surface area contributed by atoms with Crippen molar-refractivity contribution in [3.05, 3.63) is 41.6 Å². The van der Waals surface area contributed by atoms with E-state index in [1.807, 2.05) is 0 Å². The molecular weight excluding hydrogens is 456 g/mol. The van der Waals surface area contributed by atoms with Crippen LogP contribution in [0.3, 0.4) is 0 Å². The number of nitrogens with zero attached hydrogens (tertiary/aromatic N) is 1. The summed E-state index contributed by atoms with van der Waals surface area (Å²) in [5.74, 6) is -3.09. The monoisotopic (exact) mass is 477 g/mol. The van der Waals surface area contributed by atoms with Crippen molar-refractivity contribution in [3.8, 4) is 0 Å². The number of nitrogens with one attached hydrogen (secondary N) is 2. The first kappa shape index (κ1) is 24.7. The predicted octanol–water partition coefficient (Wildman–Crippen LogP) is 4.29. The second kappa shape index (κ2) is 9.16. The lowest BCUT2D eigenvalue weighted by Gasteiger charge is -2.32. The number of amides is 1. The molecule has 1 atom stereocenters. The number of aliphatic carboxylic acids is 1. The number of fused-ring (bicyclic) bond motifs is 1. The van der Waals surface area contributed by atoms with Gasteiger partial charge < -0.3 is 15.7 Å². The van der Waals surface area contributed by atoms with Crippen LogP contribution in [0.2, 0.25) is 0 Å². The SMILES string of the molecule is O=C(NC1CCNC12CCCC2)c1ccnc2c(C(F)(F)F)cccc12.O=C(O)C(F)(F)F. The van der Waals surface area contributed by atoms with E-state index in [0.717, 1.165) is 44.7 Å². The number of aromatic nitrogens is 1. The maximum Gasteiger partial charge on any atom is 0.490 e. The summed E-state index contributed by atoms with van der Waals surface area (Å²) in [6, 6.07) is 5.32. The van der Waals surface area contributed by atoms with Gasteiger partial charge in [-0.25, -0.2) is 4.79 Å². The van der Waals surface area contributed by atoms with Crippen molar-refractivity contribution in [1.29, 1.82) is 0 Å². The van der Waals surface area contributed by atoms with Crippen LogP contribution in [0.15, 0.2) is 30.5 Å². The van der Waals surface area contributed by atoms with Crippen molar-refractivity contribution in [3.63, 3.8) is 0 Å². The molecular formula is C21H21F6N3O3. The molecule has 1 aliphatic heterocycles. The van der Waals surface area contributed by atoms with Gasteiger partial charge >= 0.3 is 18.3 Å². The summed E-state index contributed by atoms with van der Waals surface area (Å²) in [4.78, 5) is 25.6. The summed E-state index contributed by atoms with van der Waals surface area (Å²) in [6.45, 7) is 0.847. The number of pyridine rings is 1. The average Bonchev–Trinajstić information content (AvgIpc) is 3.36. The molecule has 4 rings (SSSR count). The lowest BCUT2D eigenvalue weighted by atomic mass is 9.90. The zero-order valence-corrected chi connectivity index (χ0v) is 17.2. The first-order valence-electron chi connectivity index (χ1n) is 10.2. The third-order valence-electron chi connectivity index (χ3n) is 5.94. The molecule has 6 nitrogen and oxygen atoms in total. The van der Waals surface area contributed by atoms with Crippen LogP contribution >= 0.6 is 0 Å². The Kier molecular flexibility index (Phi) is 6.87. The molecule has 33 heavy (non-hydrogen) atoms. The topological polar surface area (TPSA) is 91.3 Å². The molecule has 2 aromatic rings. The van der Waals surface area contributed by atoms with Crippen LogP contribution in [0.25, 0.3) is 10.9 Å². The van der Waals surface area contributed by atoms with Crippen LogP contribution in [0.5, 0.6) is 0 Å². The summed E-state index contributed by atoms with van der Waals surface area (Å²) >= 11 is 0. The van der Waals surface area contributed by atoms with Gasteiger partial charge in [0.1, 0.15) is 0 Å².